The van der Waals surface area contributed by atoms with Crippen molar-refractivity contribution in [2.75, 3.05) is 6.61 Å². The number of hydrogen-bond donors (Lipinski definition) is 1. The van der Waals surface area contributed by atoms with Gasteiger partial charge >= 0.3 is 0 Å². The Morgan fingerprint density at radius 2 is 1.92 bits per heavy atom. The number of hydrogen-bond acceptors (Lipinski definition) is 4. The van der Waals surface area contributed by atoms with Crippen molar-refractivity contribution in [2.45, 2.75) is 20.4 Å². The Hall–Kier alpha value is -2.66. The number of aryl methyl sites for hydroxylation is 2. The molecule has 0 unspecified atom stereocenters. The van der Waals surface area contributed by atoms with Crippen LogP contribution in [0.1, 0.15) is 16.1 Å². The Labute approximate surface area is 151 Å². The maximum atomic E-state index is 12.0. The van der Waals surface area contributed by atoms with E-state index in [1.807, 2.05) is 68.4 Å². The molecule has 0 aliphatic carbocycles. The normalized spacial score (nSPS) is 10.5. The van der Waals surface area contributed by atoms with Crippen LogP contribution >= 0.6 is 11.3 Å². The smallest absolute Gasteiger partial charge is 0.258 e. The Morgan fingerprint density at radius 3 is 2.68 bits per heavy atom. The van der Waals surface area contributed by atoms with Gasteiger partial charge in [0.15, 0.2) is 6.61 Å². The molecule has 1 amide bonds. The van der Waals surface area contributed by atoms with E-state index in [0.29, 0.717) is 12.3 Å². The second-order valence-corrected chi connectivity index (χ2v) is 6.86. The van der Waals surface area contributed by atoms with Crippen molar-refractivity contribution in [3.05, 3.63) is 70.7 Å². The second-order valence-electron chi connectivity index (χ2n) is 5.78. The van der Waals surface area contributed by atoms with Crippen LogP contribution in [0.25, 0.3) is 10.6 Å². The van der Waals surface area contributed by atoms with Gasteiger partial charge in [0.2, 0.25) is 0 Å². The molecule has 4 nitrogen and oxygen atoms in total. The molecule has 2 aromatic carbocycles. The summed E-state index contributed by atoms with van der Waals surface area (Å²) in [4.78, 5) is 17.7. The highest BCUT2D eigenvalue weighted by molar-refractivity contribution is 7.15. The van der Waals surface area contributed by atoms with E-state index in [4.69, 9.17) is 4.74 Å². The number of thiazole rings is 1. The molecule has 1 N–H and O–H groups in total. The van der Waals surface area contributed by atoms with Crippen molar-refractivity contribution in [2.24, 2.45) is 0 Å². The summed E-state index contributed by atoms with van der Waals surface area (Å²) in [6.45, 7) is 4.43. The molecule has 0 spiro atoms. The third-order valence-corrected chi connectivity index (χ3v) is 4.93. The van der Waals surface area contributed by atoms with Gasteiger partial charge in [-0.2, -0.15) is 0 Å². The van der Waals surface area contributed by atoms with Gasteiger partial charge in [-0.25, -0.2) is 4.98 Å². The molecular weight excluding hydrogens is 332 g/mol. The van der Waals surface area contributed by atoms with E-state index in [2.05, 4.69) is 10.3 Å². The van der Waals surface area contributed by atoms with E-state index in [1.165, 1.54) is 0 Å². The average molecular weight is 352 g/mol. The molecule has 1 aromatic heterocycles. The quantitative estimate of drug-likeness (QED) is 0.726. The summed E-state index contributed by atoms with van der Waals surface area (Å²) in [6.07, 6.45) is 0. The number of aromatic nitrogens is 1. The van der Waals surface area contributed by atoms with Crippen molar-refractivity contribution in [3.63, 3.8) is 0 Å². The molecule has 0 aliphatic rings. The molecule has 3 aromatic rings. The lowest BCUT2D eigenvalue weighted by Crippen LogP contribution is -2.28. The monoisotopic (exact) mass is 352 g/mol. The Balaban J connectivity index is 1.55. The highest BCUT2D eigenvalue weighted by Gasteiger charge is 2.11. The Bertz CT molecular complexity index is 859. The van der Waals surface area contributed by atoms with E-state index in [0.717, 1.165) is 26.7 Å². The molecule has 3 rings (SSSR count). The van der Waals surface area contributed by atoms with Gasteiger partial charge < -0.3 is 10.1 Å². The summed E-state index contributed by atoms with van der Waals surface area (Å²) in [5.41, 5.74) is 3.14. The molecule has 128 valence electrons. The third-order valence-electron chi connectivity index (χ3n) is 3.72. The fourth-order valence-electron chi connectivity index (χ4n) is 2.38. The van der Waals surface area contributed by atoms with E-state index < -0.39 is 0 Å². The van der Waals surface area contributed by atoms with Crippen LogP contribution < -0.4 is 10.1 Å². The van der Waals surface area contributed by atoms with E-state index in [-0.39, 0.29) is 12.5 Å². The number of rotatable bonds is 6. The van der Waals surface area contributed by atoms with Gasteiger partial charge in [-0.1, -0.05) is 42.5 Å². The molecule has 25 heavy (non-hydrogen) atoms. The Morgan fingerprint density at radius 1 is 1.12 bits per heavy atom. The molecule has 0 saturated heterocycles. The van der Waals surface area contributed by atoms with Crippen molar-refractivity contribution in [3.8, 4) is 16.3 Å². The van der Waals surface area contributed by atoms with Gasteiger partial charge in [0.05, 0.1) is 12.2 Å². The van der Waals surface area contributed by atoms with Gasteiger partial charge in [0, 0.05) is 10.4 Å². The molecule has 0 aliphatic heterocycles. The van der Waals surface area contributed by atoms with Crippen molar-refractivity contribution in [1.29, 1.82) is 0 Å². The summed E-state index contributed by atoms with van der Waals surface area (Å²) in [5, 5.41) is 3.87. The van der Waals surface area contributed by atoms with Crippen molar-refractivity contribution < 1.29 is 9.53 Å². The first-order valence-electron chi connectivity index (χ1n) is 8.10. The number of nitrogens with one attached hydrogen (secondary N) is 1. The molecule has 0 saturated carbocycles. The standard InChI is InChI=1S/C20H20N2O2S/c1-14-7-6-10-17(11-14)24-13-19(23)21-12-18-15(2)22-20(25-18)16-8-4-3-5-9-16/h3-11H,12-13H2,1-2H3,(H,21,23). The maximum Gasteiger partial charge on any atom is 0.258 e. The predicted octanol–water partition coefficient (Wildman–Crippen LogP) is 4.12. The van der Waals surface area contributed by atoms with Crippen LogP contribution in [-0.2, 0) is 11.3 Å². The van der Waals surface area contributed by atoms with Gasteiger partial charge in [0.25, 0.3) is 5.91 Å². The predicted molar refractivity (Wildman–Crippen MR) is 101 cm³/mol. The third kappa shape index (κ3) is 4.67. The average Bonchev–Trinajstić information content (AvgIpc) is 3.00. The van der Waals surface area contributed by atoms with Crippen LogP contribution in [0, 0.1) is 13.8 Å². The fraction of sp³-hybridized carbons (Fsp3) is 0.200. The summed E-state index contributed by atoms with van der Waals surface area (Å²) in [6, 6.07) is 17.7. The van der Waals surface area contributed by atoms with Crippen LogP contribution in [0.5, 0.6) is 5.75 Å². The first-order valence-corrected chi connectivity index (χ1v) is 8.91. The first-order chi connectivity index (χ1) is 12.1. The van der Waals surface area contributed by atoms with Crippen molar-refractivity contribution in [1.82, 2.24) is 10.3 Å². The van der Waals surface area contributed by atoms with E-state index in [1.54, 1.807) is 11.3 Å². The minimum absolute atomic E-state index is 0.00679. The van der Waals surface area contributed by atoms with Crippen LogP contribution in [-0.4, -0.2) is 17.5 Å². The first kappa shape index (κ1) is 17.2. The van der Waals surface area contributed by atoms with Crippen LogP contribution in [0.3, 0.4) is 0 Å². The highest BCUT2D eigenvalue weighted by atomic mass is 32.1. The zero-order chi connectivity index (χ0) is 17.6. The molecular formula is C20H20N2O2S. The van der Waals surface area contributed by atoms with E-state index in [9.17, 15) is 4.79 Å². The summed E-state index contributed by atoms with van der Waals surface area (Å²) >= 11 is 1.60. The fourth-order valence-corrected chi connectivity index (χ4v) is 3.39. The topological polar surface area (TPSA) is 51.2 Å². The van der Waals surface area contributed by atoms with Gasteiger partial charge in [0.1, 0.15) is 10.8 Å². The van der Waals surface area contributed by atoms with E-state index >= 15 is 0 Å². The maximum absolute atomic E-state index is 12.0. The minimum Gasteiger partial charge on any atom is -0.484 e. The second kappa shape index (κ2) is 7.94. The van der Waals surface area contributed by atoms with Crippen LogP contribution in [0.2, 0.25) is 0 Å². The lowest BCUT2D eigenvalue weighted by atomic mass is 10.2. The number of carbonyl (C=O) groups is 1. The molecule has 0 radical (unpaired) electrons. The van der Waals surface area contributed by atoms with Crippen LogP contribution in [0.4, 0.5) is 0 Å². The molecule has 5 heteroatoms. The highest BCUT2D eigenvalue weighted by Crippen LogP contribution is 2.27. The molecule has 0 atom stereocenters. The molecule has 0 bridgehead atoms. The van der Waals surface area contributed by atoms with Crippen molar-refractivity contribution >= 4 is 17.2 Å². The number of ether oxygens (including phenoxy) is 1. The summed E-state index contributed by atoms with van der Waals surface area (Å²) in [5.74, 6) is 0.561. The number of carbonyl (C=O) groups excluding carboxylic acids is 1. The Kier molecular flexibility index (Phi) is 5.46. The summed E-state index contributed by atoms with van der Waals surface area (Å²) < 4.78 is 5.52. The zero-order valence-corrected chi connectivity index (χ0v) is 15.1. The zero-order valence-electron chi connectivity index (χ0n) is 14.3. The molecule has 0 fully saturated rings. The SMILES string of the molecule is Cc1cccc(OCC(=O)NCc2sc(-c3ccccc3)nc2C)c1. The lowest BCUT2D eigenvalue weighted by Gasteiger charge is -2.07. The van der Waals surface area contributed by atoms with Gasteiger partial charge in [-0.05, 0) is 31.5 Å². The number of amides is 1. The lowest BCUT2D eigenvalue weighted by molar-refractivity contribution is -0.123. The van der Waals surface area contributed by atoms with Crippen LogP contribution in [0.15, 0.2) is 54.6 Å². The largest absolute Gasteiger partial charge is 0.484 e. The number of benzene rings is 2. The van der Waals surface area contributed by atoms with Gasteiger partial charge in [-0.15, -0.1) is 11.3 Å². The van der Waals surface area contributed by atoms with Gasteiger partial charge in [-0.3, -0.25) is 4.79 Å². The molecule has 1 heterocycles. The minimum atomic E-state index is -0.143. The number of nitrogens with zero attached hydrogens (tertiary/aromatic N) is 1. The summed E-state index contributed by atoms with van der Waals surface area (Å²) in [7, 11) is 0.